The van der Waals surface area contributed by atoms with Gasteiger partial charge in [0.2, 0.25) is 0 Å². The Kier molecular flexibility index (Phi) is 2.95. The Morgan fingerprint density at radius 3 is 1.53 bits per heavy atom. The molecule has 0 aliphatic heterocycles. The maximum atomic E-state index is 4.02. The summed E-state index contributed by atoms with van der Waals surface area (Å²) in [7, 11) is 0. The van der Waals surface area contributed by atoms with E-state index in [1.807, 2.05) is 0 Å². The van der Waals surface area contributed by atoms with Crippen LogP contribution in [0.1, 0.15) is 0 Å². The highest BCUT2D eigenvalue weighted by Gasteiger charge is 1.84. The fourth-order valence-electron chi connectivity index (χ4n) is 0.978. The van der Waals surface area contributed by atoms with Gasteiger partial charge in [-0.25, -0.2) is 0 Å². The molecule has 2 rings (SSSR count). The highest BCUT2D eigenvalue weighted by Crippen LogP contribution is 2.09. The van der Waals surface area contributed by atoms with Crippen LogP contribution < -0.4 is 0 Å². The highest BCUT2D eigenvalue weighted by molar-refractivity contribution is 5.56. The van der Waals surface area contributed by atoms with E-state index in [-0.39, 0.29) is 0 Å². The number of pyridine rings is 2. The van der Waals surface area contributed by atoms with Crippen LogP contribution in [0.25, 0.3) is 0 Å². The molecule has 0 aromatic carbocycles. The van der Waals surface area contributed by atoms with Gasteiger partial charge < -0.3 is 0 Å². The minimum absolute atomic E-state index is 0.780. The van der Waals surface area contributed by atoms with Crippen LogP contribution in [-0.2, 0) is 0 Å². The molecule has 0 spiro atoms. The monoisotopic (exact) mass is 196 g/mol. The van der Waals surface area contributed by atoms with Gasteiger partial charge in [-0.05, 0) is 24.3 Å². The molecular weight excluding hydrogens is 188 g/mol. The summed E-state index contributed by atoms with van der Waals surface area (Å²) < 4.78 is 0. The highest BCUT2D eigenvalue weighted by atomic mass is 14.8. The molecule has 0 amide bonds. The van der Waals surface area contributed by atoms with E-state index in [1.165, 1.54) is 0 Å². The maximum Gasteiger partial charge on any atom is 0.100 e. The minimum Gasteiger partial charge on any atom is -0.265 e. The summed E-state index contributed by atoms with van der Waals surface area (Å²) in [4.78, 5) is 15.8. The fraction of sp³-hybridized carbons (Fsp3) is 0. The summed E-state index contributed by atoms with van der Waals surface area (Å²) >= 11 is 0. The van der Waals surface area contributed by atoms with Gasteiger partial charge in [0.05, 0.1) is 11.4 Å². The third-order valence-electron chi connectivity index (χ3n) is 1.68. The lowest BCUT2D eigenvalue weighted by atomic mass is 10.4. The molecule has 2 aromatic heterocycles. The molecule has 4 heteroatoms. The molecule has 0 bridgehead atoms. The molecule has 0 saturated carbocycles. The van der Waals surface area contributed by atoms with Crippen LogP contribution in [-0.4, -0.2) is 16.0 Å². The van der Waals surface area contributed by atoms with Crippen molar-refractivity contribution in [2.45, 2.75) is 0 Å². The fourth-order valence-corrected chi connectivity index (χ4v) is 0.978. The minimum atomic E-state index is 0.780. The second-order valence-corrected chi connectivity index (χ2v) is 2.73. The second kappa shape index (κ2) is 4.79. The first-order valence-corrected chi connectivity index (χ1v) is 4.42. The molecule has 2 heterocycles. The Bertz CT molecular complexity index is 429. The summed E-state index contributed by atoms with van der Waals surface area (Å²) in [6.45, 7) is 0. The smallest absolute Gasteiger partial charge is 0.100 e. The van der Waals surface area contributed by atoms with E-state index in [9.17, 15) is 0 Å². The van der Waals surface area contributed by atoms with Gasteiger partial charge in [0.1, 0.15) is 6.01 Å². The van der Waals surface area contributed by atoms with Gasteiger partial charge in [-0.2, -0.15) is 9.98 Å². The molecule has 4 nitrogen and oxygen atoms in total. The molecule has 0 aliphatic carbocycles. The van der Waals surface area contributed by atoms with Gasteiger partial charge in [-0.1, -0.05) is 0 Å². The lowest BCUT2D eigenvalue weighted by Gasteiger charge is -1.87. The first-order chi connectivity index (χ1) is 7.45. The number of hydrogen-bond acceptors (Lipinski definition) is 4. The van der Waals surface area contributed by atoms with E-state index in [0.29, 0.717) is 0 Å². The standard InChI is InChI=1S/C11H8N4/c1-5-12-6-2-10(1)14-9-15-11-3-7-13-8-4-11/h1-8H. The summed E-state index contributed by atoms with van der Waals surface area (Å²) in [5.74, 6) is 0. The van der Waals surface area contributed by atoms with Crippen molar-refractivity contribution in [2.24, 2.45) is 9.98 Å². The first kappa shape index (κ1) is 9.24. The normalized spacial score (nSPS) is 9.07. The lowest BCUT2D eigenvalue weighted by molar-refractivity contribution is 1.31. The van der Waals surface area contributed by atoms with Crippen molar-refractivity contribution in [3.8, 4) is 0 Å². The zero-order valence-electron chi connectivity index (χ0n) is 7.91. The van der Waals surface area contributed by atoms with Crippen molar-refractivity contribution in [1.29, 1.82) is 0 Å². The van der Waals surface area contributed by atoms with Crippen molar-refractivity contribution in [3.63, 3.8) is 0 Å². The third-order valence-corrected chi connectivity index (χ3v) is 1.68. The number of aromatic nitrogens is 2. The topological polar surface area (TPSA) is 50.5 Å². The number of aliphatic imine (C=N–C) groups is 2. The molecule has 0 aliphatic rings. The molecule has 0 radical (unpaired) electrons. The Hall–Kier alpha value is -2.32. The first-order valence-electron chi connectivity index (χ1n) is 4.42. The van der Waals surface area contributed by atoms with E-state index in [2.05, 4.69) is 26.0 Å². The lowest BCUT2D eigenvalue weighted by Crippen LogP contribution is -1.68. The van der Waals surface area contributed by atoms with Crippen LogP contribution in [0.15, 0.2) is 59.0 Å². The van der Waals surface area contributed by atoms with Crippen LogP contribution in [0, 0.1) is 0 Å². The van der Waals surface area contributed by atoms with Gasteiger partial charge in [0.25, 0.3) is 0 Å². The van der Waals surface area contributed by atoms with Gasteiger partial charge in [0, 0.05) is 24.8 Å². The van der Waals surface area contributed by atoms with Crippen molar-refractivity contribution < 1.29 is 0 Å². The SMILES string of the molecule is C(=Nc1ccncc1)=Nc1ccncc1. The van der Waals surface area contributed by atoms with E-state index in [4.69, 9.17) is 0 Å². The molecule has 0 saturated heterocycles. The Morgan fingerprint density at radius 1 is 0.733 bits per heavy atom. The molecule has 15 heavy (non-hydrogen) atoms. The number of hydrogen-bond donors (Lipinski definition) is 0. The average Bonchev–Trinajstić information content (AvgIpc) is 2.32. The van der Waals surface area contributed by atoms with Crippen LogP contribution >= 0.6 is 0 Å². The predicted molar refractivity (Wildman–Crippen MR) is 57.7 cm³/mol. The summed E-state index contributed by atoms with van der Waals surface area (Å²) in [5, 5.41) is 0. The molecule has 0 fully saturated rings. The second-order valence-electron chi connectivity index (χ2n) is 2.73. The average molecular weight is 196 g/mol. The van der Waals surface area contributed by atoms with Crippen molar-refractivity contribution >= 4 is 17.4 Å². The van der Waals surface area contributed by atoms with Crippen LogP contribution in [0.3, 0.4) is 0 Å². The van der Waals surface area contributed by atoms with Crippen molar-refractivity contribution in [3.05, 3.63) is 49.1 Å². The quantitative estimate of drug-likeness (QED) is 0.693. The Balaban J connectivity index is 2.16. The predicted octanol–water partition coefficient (Wildman–Crippen LogP) is 2.61. The summed E-state index contributed by atoms with van der Waals surface area (Å²) in [5.41, 5.74) is 1.56. The summed E-state index contributed by atoms with van der Waals surface area (Å²) in [6.07, 6.45) is 6.69. The van der Waals surface area contributed by atoms with Gasteiger partial charge >= 0.3 is 0 Å². The third kappa shape index (κ3) is 2.83. The molecule has 0 atom stereocenters. The van der Waals surface area contributed by atoms with Gasteiger partial charge in [-0.15, -0.1) is 0 Å². The van der Waals surface area contributed by atoms with E-state index < -0.39 is 0 Å². The molecule has 0 N–H and O–H groups in total. The van der Waals surface area contributed by atoms with E-state index in [1.54, 1.807) is 49.1 Å². The zero-order valence-corrected chi connectivity index (χ0v) is 7.91. The number of rotatable bonds is 2. The maximum absolute atomic E-state index is 4.02. The van der Waals surface area contributed by atoms with Crippen molar-refractivity contribution in [1.82, 2.24) is 9.97 Å². The van der Waals surface area contributed by atoms with Crippen LogP contribution in [0.4, 0.5) is 11.4 Å². The van der Waals surface area contributed by atoms with E-state index in [0.717, 1.165) is 11.4 Å². The molecule has 2 aromatic rings. The van der Waals surface area contributed by atoms with Gasteiger partial charge in [-0.3, -0.25) is 9.97 Å². The Labute approximate surface area is 87.1 Å². The van der Waals surface area contributed by atoms with Crippen molar-refractivity contribution in [2.75, 3.05) is 0 Å². The molecule has 72 valence electrons. The van der Waals surface area contributed by atoms with Gasteiger partial charge in [0.15, 0.2) is 0 Å². The van der Waals surface area contributed by atoms with Crippen LogP contribution in [0.2, 0.25) is 0 Å². The summed E-state index contributed by atoms with van der Waals surface area (Å²) in [6, 6.07) is 9.76. The van der Waals surface area contributed by atoms with E-state index >= 15 is 0 Å². The Morgan fingerprint density at radius 2 is 1.13 bits per heavy atom. The zero-order chi connectivity index (χ0) is 10.3. The molecule has 0 unspecified atom stereocenters. The number of nitrogens with zero attached hydrogens (tertiary/aromatic N) is 4. The largest absolute Gasteiger partial charge is 0.265 e. The van der Waals surface area contributed by atoms with Crippen LogP contribution in [0.5, 0.6) is 0 Å². The molecular formula is C11H8N4.